The van der Waals surface area contributed by atoms with Gasteiger partial charge in [0, 0.05) is 36.8 Å². The van der Waals surface area contributed by atoms with Crippen molar-refractivity contribution in [3.8, 4) is 0 Å². The summed E-state index contributed by atoms with van der Waals surface area (Å²) in [7, 11) is 0. The van der Waals surface area contributed by atoms with Gasteiger partial charge in [-0.05, 0) is 49.4 Å². The van der Waals surface area contributed by atoms with E-state index >= 15 is 0 Å². The number of halogens is 3. The molecule has 4 rings (SSSR count). The van der Waals surface area contributed by atoms with Crippen molar-refractivity contribution in [1.82, 2.24) is 4.90 Å². The number of rotatable bonds is 4. The Morgan fingerprint density at radius 1 is 0.848 bits per heavy atom. The van der Waals surface area contributed by atoms with E-state index in [0.29, 0.717) is 53.0 Å². The summed E-state index contributed by atoms with van der Waals surface area (Å²) in [4.78, 5) is 29.6. The van der Waals surface area contributed by atoms with Gasteiger partial charge in [-0.1, -0.05) is 58.6 Å². The zero-order valence-electron chi connectivity index (χ0n) is 17.9. The van der Waals surface area contributed by atoms with Crippen LogP contribution in [0.15, 0.2) is 60.7 Å². The van der Waals surface area contributed by atoms with Gasteiger partial charge in [0.15, 0.2) is 0 Å². The number of nitrogens with zero attached hydrogens (tertiary/aromatic N) is 2. The lowest BCUT2D eigenvalue weighted by Crippen LogP contribution is -2.49. The van der Waals surface area contributed by atoms with Gasteiger partial charge in [-0.2, -0.15) is 0 Å². The fraction of sp³-hybridized carbons (Fsp3) is 0.200. The number of piperazine rings is 1. The molecule has 1 fully saturated rings. The van der Waals surface area contributed by atoms with Gasteiger partial charge in [0.25, 0.3) is 11.8 Å². The largest absolute Gasteiger partial charge is 0.365 e. The molecule has 0 spiro atoms. The Morgan fingerprint density at radius 3 is 2.21 bits per heavy atom. The zero-order chi connectivity index (χ0) is 23.5. The fourth-order valence-electron chi connectivity index (χ4n) is 3.81. The van der Waals surface area contributed by atoms with Gasteiger partial charge in [-0.15, -0.1) is 0 Å². The highest BCUT2D eigenvalue weighted by Crippen LogP contribution is 2.35. The van der Waals surface area contributed by atoms with Crippen LogP contribution in [-0.2, 0) is 0 Å². The molecule has 0 unspecified atom stereocenters. The van der Waals surface area contributed by atoms with Crippen LogP contribution in [0.3, 0.4) is 0 Å². The lowest BCUT2D eigenvalue weighted by Gasteiger charge is -2.37. The van der Waals surface area contributed by atoms with E-state index in [9.17, 15) is 9.59 Å². The summed E-state index contributed by atoms with van der Waals surface area (Å²) in [6.45, 7) is 4.27. The highest BCUT2D eigenvalue weighted by atomic mass is 35.5. The summed E-state index contributed by atoms with van der Waals surface area (Å²) in [5, 5.41) is 4.17. The minimum Gasteiger partial charge on any atom is -0.365 e. The maximum atomic E-state index is 12.9. The molecule has 0 aromatic heterocycles. The Bertz CT molecular complexity index is 1190. The van der Waals surface area contributed by atoms with E-state index in [-0.39, 0.29) is 16.8 Å². The minimum absolute atomic E-state index is 0.0136. The number of hydrogen-bond acceptors (Lipinski definition) is 3. The third-order valence-corrected chi connectivity index (χ3v) is 6.45. The van der Waals surface area contributed by atoms with E-state index in [1.165, 1.54) is 6.07 Å². The Kier molecular flexibility index (Phi) is 7.13. The number of aryl methyl sites for hydroxylation is 1. The van der Waals surface area contributed by atoms with Gasteiger partial charge >= 0.3 is 0 Å². The molecule has 0 bridgehead atoms. The number of hydrogen-bond donors (Lipinski definition) is 1. The summed E-state index contributed by atoms with van der Waals surface area (Å²) < 4.78 is 0. The zero-order valence-corrected chi connectivity index (χ0v) is 20.2. The van der Waals surface area contributed by atoms with Crippen LogP contribution in [0.5, 0.6) is 0 Å². The smallest absolute Gasteiger partial charge is 0.257 e. The first kappa shape index (κ1) is 23.4. The van der Waals surface area contributed by atoms with Gasteiger partial charge in [0.05, 0.1) is 27.0 Å². The van der Waals surface area contributed by atoms with E-state index in [4.69, 9.17) is 34.8 Å². The van der Waals surface area contributed by atoms with Crippen molar-refractivity contribution in [2.75, 3.05) is 36.4 Å². The van der Waals surface area contributed by atoms with Crippen molar-refractivity contribution in [2.24, 2.45) is 0 Å². The summed E-state index contributed by atoms with van der Waals surface area (Å²) in [5.41, 5.74) is 3.42. The standard InChI is InChI=1S/C25H22Cl3N3O2/c1-16-5-7-17(8-6-16)25(33)31-13-11-30(12-14-31)23-20(27)3-2-4-22(23)29-24(32)19-10-9-18(26)15-21(19)28/h2-10,15H,11-14H2,1H3,(H,29,32). The predicted octanol–water partition coefficient (Wildman–Crippen LogP) is 6.17. The molecule has 1 aliphatic heterocycles. The Labute approximate surface area is 207 Å². The SMILES string of the molecule is Cc1ccc(C(=O)N2CCN(c3c(Cl)cccc3NC(=O)c3ccc(Cl)cc3Cl)CC2)cc1. The lowest BCUT2D eigenvalue weighted by molar-refractivity contribution is 0.0746. The Hall–Kier alpha value is -2.73. The van der Waals surface area contributed by atoms with Crippen molar-refractivity contribution >= 4 is 58.0 Å². The second-order valence-corrected chi connectivity index (χ2v) is 9.11. The van der Waals surface area contributed by atoms with E-state index in [2.05, 4.69) is 10.2 Å². The molecule has 3 aromatic carbocycles. The molecule has 0 saturated carbocycles. The number of carbonyl (C=O) groups excluding carboxylic acids is 2. The van der Waals surface area contributed by atoms with Crippen LogP contribution >= 0.6 is 34.8 Å². The van der Waals surface area contributed by atoms with Gasteiger partial charge in [0.1, 0.15) is 0 Å². The summed E-state index contributed by atoms with van der Waals surface area (Å²) in [6, 6.07) is 17.7. The van der Waals surface area contributed by atoms with E-state index in [1.807, 2.05) is 36.1 Å². The summed E-state index contributed by atoms with van der Waals surface area (Å²) in [5.74, 6) is -0.340. The second-order valence-electron chi connectivity index (χ2n) is 7.86. The molecular weight excluding hydrogens is 481 g/mol. The van der Waals surface area contributed by atoms with E-state index in [1.54, 1.807) is 30.3 Å². The van der Waals surface area contributed by atoms with Gasteiger partial charge in [0.2, 0.25) is 0 Å². The maximum absolute atomic E-state index is 12.9. The Balaban J connectivity index is 1.49. The Morgan fingerprint density at radius 2 is 1.55 bits per heavy atom. The van der Waals surface area contributed by atoms with Crippen molar-refractivity contribution in [3.05, 3.63) is 92.4 Å². The molecule has 1 N–H and O–H groups in total. The monoisotopic (exact) mass is 501 g/mol. The highest BCUT2D eigenvalue weighted by molar-refractivity contribution is 6.37. The molecule has 0 atom stereocenters. The van der Waals surface area contributed by atoms with Crippen LogP contribution in [-0.4, -0.2) is 42.9 Å². The fourth-order valence-corrected chi connectivity index (χ4v) is 4.60. The molecule has 0 aliphatic carbocycles. The average Bonchev–Trinajstić information content (AvgIpc) is 2.79. The molecule has 2 amide bonds. The summed E-state index contributed by atoms with van der Waals surface area (Å²) >= 11 is 18.7. The van der Waals surface area contributed by atoms with Gasteiger partial charge in [-0.25, -0.2) is 0 Å². The molecule has 5 nitrogen and oxygen atoms in total. The highest BCUT2D eigenvalue weighted by Gasteiger charge is 2.25. The van der Waals surface area contributed by atoms with Crippen molar-refractivity contribution in [1.29, 1.82) is 0 Å². The first-order valence-electron chi connectivity index (χ1n) is 10.5. The number of anilines is 2. The molecule has 3 aromatic rings. The van der Waals surface area contributed by atoms with Gasteiger partial charge in [-0.3, -0.25) is 9.59 Å². The molecule has 1 aliphatic rings. The van der Waals surface area contributed by atoms with Crippen LogP contribution in [0.4, 0.5) is 11.4 Å². The maximum Gasteiger partial charge on any atom is 0.257 e. The molecule has 8 heteroatoms. The van der Waals surface area contributed by atoms with E-state index < -0.39 is 0 Å². The topological polar surface area (TPSA) is 52.7 Å². The lowest BCUT2D eigenvalue weighted by atomic mass is 10.1. The van der Waals surface area contributed by atoms with Gasteiger partial charge < -0.3 is 15.1 Å². The third-order valence-electron chi connectivity index (χ3n) is 5.59. The van der Waals surface area contributed by atoms with Crippen molar-refractivity contribution in [3.63, 3.8) is 0 Å². The van der Waals surface area contributed by atoms with Crippen LogP contribution in [0.2, 0.25) is 15.1 Å². The number of amides is 2. The number of para-hydroxylation sites is 1. The van der Waals surface area contributed by atoms with E-state index in [0.717, 1.165) is 11.3 Å². The normalized spacial score (nSPS) is 13.7. The van der Waals surface area contributed by atoms with Crippen molar-refractivity contribution < 1.29 is 9.59 Å². The predicted molar refractivity (Wildman–Crippen MR) is 135 cm³/mol. The average molecular weight is 503 g/mol. The molecule has 0 radical (unpaired) electrons. The molecular formula is C25H22Cl3N3O2. The van der Waals surface area contributed by atoms with Crippen LogP contribution in [0, 0.1) is 6.92 Å². The van der Waals surface area contributed by atoms with Crippen molar-refractivity contribution in [2.45, 2.75) is 6.92 Å². The van der Waals surface area contributed by atoms with Crippen LogP contribution in [0.1, 0.15) is 26.3 Å². The van der Waals surface area contributed by atoms with Crippen LogP contribution < -0.4 is 10.2 Å². The quantitative estimate of drug-likeness (QED) is 0.464. The third kappa shape index (κ3) is 5.27. The summed E-state index contributed by atoms with van der Waals surface area (Å²) in [6.07, 6.45) is 0. The first-order valence-corrected chi connectivity index (χ1v) is 11.6. The molecule has 1 heterocycles. The minimum atomic E-state index is -0.353. The molecule has 170 valence electrons. The second kappa shape index (κ2) is 10.0. The number of nitrogens with one attached hydrogen (secondary N) is 1. The number of benzene rings is 3. The molecule has 33 heavy (non-hydrogen) atoms. The number of carbonyl (C=O) groups is 2. The molecule has 1 saturated heterocycles. The first-order chi connectivity index (χ1) is 15.8. The van der Waals surface area contributed by atoms with Crippen LogP contribution in [0.25, 0.3) is 0 Å².